The van der Waals surface area contributed by atoms with E-state index >= 15 is 0 Å². The molecule has 0 aromatic heterocycles. The fourth-order valence-corrected chi connectivity index (χ4v) is 2.70. The van der Waals surface area contributed by atoms with Crippen molar-refractivity contribution in [2.45, 2.75) is 45.2 Å². The Labute approximate surface area is 114 Å². The molecule has 4 heteroatoms. The molecule has 1 aromatic rings. The molecule has 0 unspecified atom stereocenters. The van der Waals surface area contributed by atoms with Gasteiger partial charge in [0.2, 0.25) is 0 Å². The molecule has 0 bridgehead atoms. The van der Waals surface area contributed by atoms with Crippen molar-refractivity contribution in [3.63, 3.8) is 0 Å². The molecule has 4 nitrogen and oxygen atoms in total. The summed E-state index contributed by atoms with van der Waals surface area (Å²) in [5.41, 5.74) is 7.58. The van der Waals surface area contributed by atoms with Crippen LogP contribution in [0.25, 0.3) is 0 Å². The number of amidine groups is 1. The second kappa shape index (κ2) is 6.57. The monoisotopic (exact) mass is 261 g/mol. The van der Waals surface area contributed by atoms with E-state index in [0.717, 1.165) is 23.6 Å². The van der Waals surface area contributed by atoms with Crippen molar-refractivity contribution < 1.29 is 5.21 Å². The molecule has 2 rings (SSSR count). The highest BCUT2D eigenvalue weighted by Gasteiger charge is 2.18. The first kappa shape index (κ1) is 13.9. The lowest BCUT2D eigenvalue weighted by Gasteiger charge is -2.27. The maximum absolute atomic E-state index is 8.80. The third-order valence-electron chi connectivity index (χ3n) is 4.00. The number of hydrogen-bond donors (Lipinski definition) is 3. The molecule has 4 N–H and O–H groups in total. The van der Waals surface area contributed by atoms with Gasteiger partial charge in [-0.2, -0.15) is 0 Å². The van der Waals surface area contributed by atoms with Gasteiger partial charge in [0.15, 0.2) is 5.84 Å². The summed E-state index contributed by atoms with van der Waals surface area (Å²) in [4.78, 5) is 0. The van der Waals surface area contributed by atoms with Crippen LogP contribution in [0.2, 0.25) is 0 Å². The maximum Gasteiger partial charge on any atom is 0.170 e. The number of benzene rings is 1. The van der Waals surface area contributed by atoms with Crippen LogP contribution in [0.3, 0.4) is 0 Å². The van der Waals surface area contributed by atoms with Gasteiger partial charge in [-0.05, 0) is 37.2 Å². The van der Waals surface area contributed by atoms with E-state index in [1.54, 1.807) is 0 Å². The van der Waals surface area contributed by atoms with E-state index in [1.807, 2.05) is 24.3 Å². The lowest BCUT2D eigenvalue weighted by molar-refractivity contribution is 0.306. The largest absolute Gasteiger partial charge is 0.409 e. The van der Waals surface area contributed by atoms with Gasteiger partial charge < -0.3 is 16.3 Å². The van der Waals surface area contributed by atoms with Gasteiger partial charge in [0, 0.05) is 18.2 Å². The van der Waals surface area contributed by atoms with Crippen LogP contribution in [0, 0.1) is 5.92 Å². The summed E-state index contributed by atoms with van der Waals surface area (Å²) in [5, 5.41) is 15.5. The minimum atomic E-state index is 0.176. The minimum absolute atomic E-state index is 0.176. The van der Waals surface area contributed by atoms with Crippen LogP contribution in [0.4, 0.5) is 0 Å². The van der Waals surface area contributed by atoms with Gasteiger partial charge >= 0.3 is 0 Å². The maximum atomic E-state index is 8.80. The summed E-state index contributed by atoms with van der Waals surface area (Å²) in [6.45, 7) is 3.09. The predicted octanol–water partition coefficient (Wildman–Crippen LogP) is 2.45. The molecule has 19 heavy (non-hydrogen) atoms. The molecule has 1 aromatic carbocycles. The van der Waals surface area contributed by atoms with E-state index in [9.17, 15) is 0 Å². The molecule has 0 radical (unpaired) electrons. The number of nitrogens with zero attached hydrogens (tertiary/aromatic N) is 1. The topological polar surface area (TPSA) is 70.6 Å². The number of rotatable bonds is 4. The minimum Gasteiger partial charge on any atom is -0.409 e. The summed E-state index contributed by atoms with van der Waals surface area (Å²) in [7, 11) is 0. The van der Waals surface area contributed by atoms with Crippen molar-refractivity contribution in [3.8, 4) is 0 Å². The Kier molecular flexibility index (Phi) is 4.80. The highest BCUT2D eigenvalue weighted by atomic mass is 16.4. The summed E-state index contributed by atoms with van der Waals surface area (Å²) in [5.74, 6) is 1.04. The molecule has 0 spiro atoms. The normalized spacial score (nSPS) is 24.4. The van der Waals surface area contributed by atoms with E-state index < -0.39 is 0 Å². The van der Waals surface area contributed by atoms with Crippen LogP contribution < -0.4 is 11.1 Å². The Bertz CT molecular complexity index is 437. The van der Waals surface area contributed by atoms with Gasteiger partial charge in [0.05, 0.1) is 0 Å². The molecule has 0 heterocycles. The summed E-state index contributed by atoms with van der Waals surface area (Å²) < 4.78 is 0. The average Bonchev–Trinajstić information content (AvgIpc) is 2.46. The first-order valence-electron chi connectivity index (χ1n) is 7.00. The summed E-state index contributed by atoms with van der Waals surface area (Å²) in [6, 6.07) is 8.38. The first-order chi connectivity index (χ1) is 9.20. The molecule has 0 aliphatic heterocycles. The van der Waals surface area contributed by atoms with Gasteiger partial charge in [0.25, 0.3) is 0 Å². The Morgan fingerprint density at radius 3 is 2.68 bits per heavy atom. The quantitative estimate of drug-likeness (QED) is 0.337. The van der Waals surface area contributed by atoms with Gasteiger partial charge in [0.1, 0.15) is 0 Å². The Hall–Kier alpha value is -1.55. The molecule has 0 atom stereocenters. The predicted molar refractivity (Wildman–Crippen MR) is 77.2 cm³/mol. The van der Waals surface area contributed by atoms with Crippen LogP contribution in [0.5, 0.6) is 0 Å². The second-order valence-corrected chi connectivity index (χ2v) is 5.48. The van der Waals surface area contributed by atoms with Gasteiger partial charge in [-0.3, -0.25) is 0 Å². The molecule has 1 aliphatic rings. The zero-order chi connectivity index (χ0) is 13.7. The van der Waals surface area contributed by atoms with Crippen molar-refractivity contribution in [2.75, 3.05) is 0 Å². The van der Waals surface area contributed by atoms with Crippen molar-refractivity contribution in [1.82, 2.24) is 5.32 Å². The van der Waals surface area contributed by atoms with Crippen LogP contribution in [-0.4, -0.2) is 17.1 Å². The SMILES string of the molecule is CC1CCC(NCc2ccccc2/C(N)=N/O)CC1. The smallest absolute Gasteiger partial charge is 0.170 e. The first-order valence-corrected chi connectivity index (χ1v) is 7.00. The molecule has 1 aliphatic carbocycles. The second-order valence-electron chi connectivity index (χ2n) is 5.48. The third-order valence-corrected chi connectivity index (χ3v) is 4.00. The van der Waals surface area contributed by atoms with Crippen LogP contribution in [0.15, 0.2) is 29.4 Å². The molecular formula is C15H23N3O. The standard InChI is InChI=1S/C15H23N3O/c1-11-6-8-13(9-7-11)17-10-12-4-2-3-5-14(12)15(16)18-19/h2-5,11,13,17,19H,6-10H2,1H3,(H2,16,18). The van der Waals surface area contributed by atoms with Crippen LogP contribution in [-0.2, 0) is 6.54 Å². The van der Waals surface area contributed by atoms with E-state index in [2.05, 4.69) is 17.4 Å². The van der Waals surface area contributed by atoms with Gasteiger partial charge in [-0.25, -0.2) is 0 Å². The molecule has 0 amide bonds. The van der Waals surface area contributed by atoms with Crippen molar-refractivity contribution in [1.29, 1.82) is 0 Å². The van der Waals surface area contributed by atoms with Gasteiger partial charge in [-0.1, -0.05) is 36.3 Å². The lowest BCUT2D eigenvalue weighted by atomic mass is 9.87. The van der Waals surface area contributed by atoms with E-state index in [1.165, 1.54) is 25.7 Å². The van der Waals surface area contributed by atoms with Crippen LogP contribution >= 0.6 is 0 Å². The number of oxime groups is 1. The average molecular weight is 261 g/mol. The molecule has 104 valence electrons. The number of nitrogens with one attached hydrogen (secondary N) is 1. The fraction of sp³-hybridized carbons (Fsp3) is 0.533. The number of hydrogen-bond acceptors (Lipinski definition) is 3. The highest BCUT2D eigenvalue weighted by Crippen LogP contribution is 2.23. The zero-order valence-electron chi connectivity index (χ0n) is 11.5. The lowest BCUT2D eigenvalue weighted by Crippen LogP contribution is -2.33. The van der Waals surface area contributed by atoms with Crippen molar-refractivity contribution >= 4 is 5.84 Å². The summed E-state index contributed by atoms with van der Waals surface area (Å²) in [6.07, 6.45) is 5.10. The molecule has 1 saturated carbocycles. The van der Waals surface area contributed by atoms with Crippen molar-refractivity contribution in [3.05, 3.63) is 35.4 Å². The Morgan fingerprint density at radius 1 is 1.32 bits per heavy atom. The van der Waals surface area contributed by atoms with Crippen LogP contribution in [0.1, 0.15) is 43.7 Å². The Morgan fingerprint density at radius 2 is 2.00 bits per heavy atom. The van der Waals surface area contributed by atoms with Crippen molar-refractivity contribution in [2.24, 2.45) is 16.8 Å². The molecule has 0 saturated heterocycles. The van der Waals surface area contributed by atoms with E-state index in [-0.39, 0.29) is 5.84 Å². The fourth-order valence-electron chi connectivity index (χ4n) is 2.70. The highest BCUT2D eigenvalue weighted by molar-refractivity contribution is 5.98. The number of nitrogens with two attached hydrogens (primary N) is 1. The summed E-state index contributed by atoms with van der Waals surface area (Å²) >= 11 is 0. The van der Waals surface area contributed by atoms with E-state index in [0.29, 0.717) is 6.04 Å². The van der Waals surface area contributed by atoms with Gasteiger partial charge in [-0.15, -0.1) is 0 Å². The molecular weight excluding hydrogens is 238 g/mol. The Balaban J connectivity index is 1.96. The zero-order valence-corrected chi connectivity index (χ0v) is 11.5. The third kappa shape index (κ3) is 3.70. The molecule has 1 fully saturated rings. The van der Waals surface area contributed by atoms with E-state index in [4.69, 9.17) is 10.9 Å².